The molecule has 0 spiro atoms. The standard InChI is InChI=1S/C26H22N6O/c1-32(2)14-16-8-18(12-27-11-16)23-10-21-25(13-28-23)30-31-26(21)24-9-20-19(17-6-7-33-15-17)4-3-5-22(20)29-24/h3-13,15,29H,14H2,1-2H3,(H,30,31). The van der Waals surface area contributed by atoms with Crippen molar-refractivity contribution >= 4 is 21.8 Å². The molecule has 1 aromatic carbocycles. The number of nitrogens with one attached hydrogen (secondary N) is 2. The average Bonchev–Trinajstić information content (AvgIpc) is 3.57. The Morgan fingerprint density at radius 1 is 0.939 bits per heavy atom. The molecule has 0 saturated carbocycles. The lowest BCUT2D eigenvalue weighted by atomic mass is 10.0. The van der Waals surface area contributed by atoms with E-state index in [-0.39, 0.29) is 0 Å². The molecular weight excluding hydrogens is 412 g/mol. The molecule has 6 rings (SSSR count). The van der Waals surface area contributed by atoms with Gasteiger partial charge in [0.1, 0.15) is 5.69 Å². The van der Waals surface area contributed by atoms with E-state index in [1.807, 2.05) is 44.8 Å². The van der Waals surface area contributed by atoms with Crippen molar-refractivity contribution in [1.29, 1.82) is 0 Å². The Bertz CT molecular complexity index is 1580. The van der Waals surface area contributed by atoms with Crippen molar-refractivity contribution in [2.45, 2.75) is 6.54 Å². The lowest BCUT2D eigenvalue weighted by molar-refractivity contribution is 0.402. The first-order chi connectivity index (χ1) is 16.2. The Morgan fingerprint density at radius 2 is 1.88 bits per heavy atom. The van der Waals surface area contributed by atoms with Gasteiger partial charge in [0.2, 0.25) is 0 Å². The van der Waals surface area contributed by atoms with E-state index in [0.717, 1.165) is 67.7 Å². The monoisotopic (exact) mass is 434 g/mol. The maximum absolute atomic E-state index is 5.30. The number of H-pyrrole nitrogens is 2. The summed E-state index contributed by atoms with van der Waals surface area (Å²) in [5.41, 5.74) is 8.92. The minimum atomic E-state index is 0.827. The topological polar surface area (TPSA) is 86.6 Å². The highest BCUT2D eigenvalue weighted by Crippen LogP contribution is 2.34. The highest BCUT2D eigenvalue weighted by atomic mass is 16.3. The third-order valence-corrected chi connectivity index (χ3v) is 5.79. The van der Waals surface area contributed by atoms with Crippen LogP contribution in [-0.4, -0.2) is 44.1 Å². The van der Waals surface area contributed by atoms with Crippen LogP contribution in [0.1, 0.15) is 5.56 Å². The Kier molecular flexibility index (Phi) is 4.55. The summed E-state index contributed by atoms with van der Waals surface area (Å²) in [5.74, 6) is 0. The van der Waals surface area contributed by atoms with Crippen molar-refractivity contribution in [3.05, 3.63) is 79.1 Å². The third kappa shape index (κ3) is 3.48. The molecule has 33 heavy (non-hydrogen) atoms. The van der Waals surface area contributed by atoms with Crippen LogP contribution in [0.15, 0.2) is 78.0 Å². The molecule has 0 aliphatic rings. The summed E-state index contributed by atoms with van der Waals surface area (Å²) in [4.78, 5) is 14.7. The number of pyridine rings is 2. The predicted octanol–water partition coefficient (Wildman–Crippen LogP) is 5.49. The summed E-state index contributed by atoms with van der Waals surface area (Å²) < 4.78 is 5.30. The molecule has 0 aliphatic heterocycles. The molecule has 0 bridgehead atoms. The molecule has 6 aromatic rings. The zero-order valence-corrected chi connectivity index (χ0v) is 18.3. The van der Waals surface area contributed by atoms with Gasteiger partial charge in [0.05, 0.1) is 35.6 Å². The van der Waals surface area contributed by atoms with Gasteiger partial charge in [-0.25, -0.2) is 0 Å². The van der Waals surface area contributed by atoms with Gasteiger partial charge >= 0.3 is 0 Å². The number of aromatic nitrogens is 5. The Labute approximate surface area is 190 Å². The van der Waals surface area contributed by atoms with Crippen LogP contribution in [0.25, 0.3) is 55.6 Å². The molecule has 5 aromatic heterocycles. The van der Waals surface area contributed by atoms with Crippen LogP contribution in [0, 0.1) is 0 Å². The molecule has 7 nitrogen and oxygen atoms in total. The van der Waals surface area contributed by atoms with Crippen molar-refractivity contribution in [3.63, 3.8) is 0 Å². The summed E-state index contributed by atoms with van der Waals surface area (Å²) in [6.07, 6.45) is 9.04. The largest absolute Gasteiger partial charge is 0.472 e. The number of fused-ring (bicyclic) bond motifs is 2. The summed E-state index contributed by atoms with van der Waals surface area (Å²) in [7, 11) is 4.10. The fourth-order valence-corrected chi connectivity index (χ4v) is 4.31. The minimum absolute atomic E-state index is 0.827. The highest BCUT2D eigenvalue weighted by Gasteiger charge is 2.15. The summed E-state index contributed by atoms with van der Waals surface area (Å²) in [6.45, 7) is 0.827. The molecule has 0 saturated heterocycles. The quantitative estimate of drug-likeness (QED) is 0.375. The van der Waals surface area contributed by atoms with Crippen LogP contribution in [0.5, 0.6) is 0 Å². The van der Waals surface area contributed by atoms with Crippen LogP contribution in [0.3, 0.4) is 0 Å². The van der Waals surface area contributed by atoms with Crippen molar-refractivity contribution in [3.8, 4) is 33.8 Å². The number of hydrogen-bond acceptors (Lipinski definition) is 5. The number of benzene rings is 1. The number of nitrogens with zero attached hydrogens (tertiary/aromatic N) is 4. The second-order valence-electron chi connectivity index (χ2n) is 8.47. The van der Waals surface area contributed by atoms with E-state index in [2.05, 4.69) is 60.4 Å². The van der Waals surface area contributed by atoms with Crippen LogP contribution in [0.4, 0.5) is 0 Å². The van der Waals surface area contributed by atoms with Crippen LogP contribution in [0.2, 0.25) is 0 Å². The minimum Gasteiger partial charge on any atom is -0.472 e. The van der Waals surface area contributed by atoms with Gasteiger partial charge in [0.25, 0.3) is 0 Å². The molecule has 0 atom stereocenters. The number of aromatic amines is 2. The van der Waals surface area contributed by atoms with Crippen LogP contribution in [-0.2, 0) is 6.54 Å². The van der Waals surface area contributed by atoms with Crippen LogP contribution < -0.4 is 0 Å². The number of rotatable bonds is 5. The van der Waals surface area contributed by atoms with Crippen molar-refractivity contribution in [1.82, 2.24) is 30.0 Å². The molecule has 0 aliphatic carbocycles. The highest BCUT2D eigenvalue weighted by molar-refractivity contribution is 6.01. The molecule has 162 valence electrons. The molecule has 2 N–H and O–H groups in total. The van der Waals surface area contributed by atoms with E-state index in [1.165, 1.54) is 0 Å². The average molecular weight is 435 g/mol. The molecule has 5 heterocycles. The van der Waals surface area contributed by atoms with Crippen molar-refractivity contribution < 1.29 is 4.42 Å². The van der Waals surface area contributed by atoms with E-state index in [1.54, 1.807) is 12.5 Å². The Morgan fingerprint density at radius 3 is 2.73 bits per heavy atom. The first-order valence-corrected chi connectivity index (χ1v) is 10.7. The van der Waals surface area contributed by atoms with Crippen molar-refractivity contribution in [2.75, 3.05) is 14.1 Å². The lowest BCUT2D eigenvalue weighted by Crippen LogP contribution is -2.10. The summed E-state index contributed by atoms with van der Waals surface area (Å²) in [5, 5.41) is 9.86. The van der Waals surface area contributed by atoms with E-state index >= 15 is 0 Å². The third-order valence-electron chi connectivity index (χ3n) is 5.79. The second-order valence-corrected chi connectivity index (χ2v) is 8.47. The van der Waals surface area contributed by atoms with Gasteiger partial charge in [0.15, 0.2) is 0 Å². The zero-order chi connectivity index (χ0) is 22.4. The molecular formula is C26H22N6O. The van der Waals surface area contributed by atoms with Crippen LogP contribution >= 0.6 is 0 Å². The van der Waals surface area contributed by atoms with Crippen molar-refractivity contribution in [2.24, 2.45) is 0 Å². The van der Waals surface area contributed by atoms with E-state index < -0.39 is 0 Å². The maximum atomic E-state index is 5.30. The molecule has 0 fully saturated rings. The number of hydrogen-bond donors (Lipinski definition) is 2. The Balaban J connectivity index is 1.45. The SMILES string of the molecule is CN(C)Cc1cncc(-c2cc3c(-c4cc5c(-c6ccoc6)cccc5[nH]4)n[nH]c3cn2)c1. The molecule has 7 heteroatoms. The van der Waals surface area contributed by atoms with Gasteiger partial charge < -0.3 is 14.3 Å². The van der Waals surface area contributed by atoms with Gasteiger partial charge in [-0.1, -0.05) is 12.1 Å². The van der Waals surface area contributed by atoms with E-state index in [4.69, 9.17) is 4.42 Å². The fourth-order valence-electron chi connectivity index (χ4n) is 4.31. The molecule has 0 unspecified atom stereocenters. The van der Waals surface area contributed by atoms with E-state index in [0.29, 0.717) is 0 Å². The smallest absolute Gasteiger partial charge is 0.116 e. The van der Waals surface area contributed by atoms with Gasteiger partial charge in [-0.3, -0.25) is 15.1 Å². The van der Waals surface area contributed by atoms with Gasteiger partial charge in [-0.15, -0.1) is 0 Å². The fraction of sp³-hybridized carbons (Fsp3) is 0.115. The van der Waals surface area contributed by atoms with E-state index in [9.17, 15) is 0 Å². The predicted molar refractivity (Wildman–Crippen MR) is 130 cm³/mol. The molecule has 0 amide bonds. The lowest BCUT2D eigenvalue weighted by Gasteiger charge is -2.10. The summed E-state index contributed by atoms with van der Waals surface area (Å²) in [6, 6.07) is 14.6. The van der Waals surface area contributed by atoms with Gasteiger partial charge in [-0.2, -0.15) is 5.10 Å². The second kappa shape index (κ2) is 7.72. The first kappa shape index (κ1) is 19.5. The summed E-state index contributed by atoms with van der Waals surface area (Å²) >= 11 is 0. The first-order valence-electron chi connectivity index (χ1n) is 10.7. The zero-order valence-electron chi connectivity index (χ0n) is 18.3. The van der Waals surface area contributed by atoms with Gasteiger partial charge in [0, 0.05) is 46.4 Å². The van der Waals surface area contributed by atoms with Gasteiger partial charge in [-0.05, 0) is 55.6 Å². The number of furan rings is 1. The normalized spacial score (nSPS) is 11.7. The molecule has 0 radical (unpaired) electrons. The Hall–Kier alpha value is -4.23. The maximum Gasteiger partial charge on any atom is 0.116 e.